The maximum Gasteiger partial charge on any atom is 0.116 e. The molecule has 0 aromatic heterocycles. The minimum atomic E-state index is 0.314. The highest BCUT2D eigenvalue weighted by atomic mass is 32.1. The third-order valence-corrected chi connectivity index (χ3v) is 1.71. The monoisotopic (exact) mass is 180 g/mol. The van der Waals surface area contributed by atoms with Crippen LogP contribution in [0, 0.1) is 6.92 Å². The molecule has 0 saturated carbocycles. The van der Waals surface area contributed by atoms with Gasteiger partial charge in [-0.15, -0.1) is 0 Å². The van der Waals surface area contributed by atoms with Crippen LogP contribution in [-0.4, -0.2) is 10.9 Å². The van der Waals surface area contributed by atoms with E-state index in [2.05, 4.69) is 12.6 Å². The largest absolute Gasteiger partial charge is 0.508 e. The molecule has 0 saturated heterocycles. The lowest BCUT2D eigenvalue weighted by atomic mass is 10.1. The first-order valence-electron chi connectivity index (χ1n) is 3.80. The summed E-state index contributed by atoms with van der Waals surface area (Å²) in [5.74, 6) is 1.03. The summed E-state index contributed by atoms with van der Waals surface area (Å²) in [7, 11) is 0. The number of aryl methyl sites for hydroxylation is 1. The van der Waals surface area contributed by atoms with Crippen molar-refractivity contribution in [3.05, 3.63) is 35.4 Å². The minimum absolute atomic E-state index is 0.314. The molecule has 2 heteroatoms. The zero-order chi connectivity index (χ0) is 8.97. The van der Waals surface area contributed by atoms with Gasteiger partial charge in [-0.25, -0.2) is 0 Å². The van der Waals surface area contributed by atoms with E-state index in [1.165, 1.54) is 0 Å². The predicted molar refractivity (Wildman–Crippen MR) is 55.7 cm³/mol. The molecule has 0 heterocycles. The molecule has 0 aliphatic carbocycles. The summed E-state index contributed by atoms with van der Waals surface area (Å²) in [4.78, 5) is 0. The van der Waals surface area contributed by atoms with Crippen molar-refractivity contribution in [2.24, 2.45) is 0 Å². The number of hydrogen-bond acceptors (Lipinski definition) is 2. The summed E-state index contributed by atoms with van der Waals surface area (Å²) in [6.45, 7) is 1.96. The molecule has 0 aliphatic rings. The molecule has 0 fully saturated rings. The highest BCUT2D eigenvalue weighted by Gasteiger charge is 1.92. The van der Waals surface area contributed by atoms with Gasteiger partial charge in [0, 0.05) is 5.75 Å². The van der Waals surface area contributed by atoms with Gasteiger partial charge in [0.2, 0.25) is 0 Å². The first-order valence-corrected chi connectivity index (χ1v) is 4.43. The Morgan fingerprint density at radius 1 is 1.42 bits per heavy atom. The molecule has 0 unspecified atom stereocenters. The smallest absolute Gasteiger partial charge is 0.116 e. The molecule has 0 aliphatic heterocycles. The van der Waals surface area contributed by atoms with Crippen LogP contribution in [0.4, 0.5) is 0 Å². The van der Waals surface area contributed by atoms with Crippen molar-refractivity contribution in [3.63, 3.8) is 0 Å². The van der Waals surface area contributed by atoms with Gasteiger partial charge < -0.3 is 5.11 Å². The molecule has 0 bridgehead atoms. The van der Waals surface area contributed by atoms with E-state index < -0.39 is 0 Å². The van der Waals surface area contributed by atoms with E-state index in [-0.39, 0.29) is 0 Å². The van der Waals surface area contributed by atoms with Crippen LogP contribution in [0.5, 0.6) is 5.75 Å². The van der Waals surface area contributed by atoms with Gasteiger partial charge in [0.25, 0.3) is 0 Å². The summed E-state index contributed by atoms with van der Waals surface area (Å²) < 4.78 is 0. The van der Waals surface area contributed by atoms with Crippen molar-refractivity contribution in [1.29, 1.82) is 0 Å². The van der Waals surface area contributed by atoms with Gasteiger partial charge in [-0.05, 0) is 30.2 Å². The maximum atomic E-state index is 9.24. The van der Waals surface area contributed by atoms with E-state index in [4.69, 9.17) is 0 Å². The van der Waals surface area contributed by atoms with Crippen LogP contribution >= 0.6 is 12.6 Å². The third kappa shape index (κ3) is 2.62. The van der Waals surface area contributed by atoms with Gasteiger partial charge in [-0.3, -0.25) is 0 Å². The van der Waals surface area contributed by atoms with Gasteiger partial charge in [-0.2, -0.15) is 12.6 Å². The molecule has 0 atom stereocenters. The molecule has 0 spiro atoms. The fourth-order valence-corrected chi connectivity index (χ4v) is 1.18. The molecule has 1 N–H and O–H groups in total. The Labute approximate surface area is 78.2 Å². The molecular formula is C10H12OS. The quantitative estimate of drug-likeness (QED) is 0.670. The van der Waals surface area contributed by atoms with Gasteiger partial charge in [0.1, 0.15) is 5.75 Å². The van der Waals surface area contributed by atoms with E-state index in [1.807, 2.05) is 25.1 Å². The molecule has 64 valence electrons. The zero-order valence-corrected chi connectivity index (χ0v) is 7.88. The highest BCUT2D eigenvalue weighted by Crippen LogP contribution is 2.15. The Morgan fingerprint density at radius 3 is 2.75 bits per heavy atom. The molecule has 1 aromatic carbocycles. The second kappa shape index (κ2) is 4.21. The third-order valence-electron chi connectivity index (χ3n) is 1.50. The number of thiol groups is 1. The number of rotatable bonds is 2. The van der Waals surface area contributed by atoms with E-state index in [0.717, 1.165) is 11.1 Å². The fourth-order valence-electron chi connectivity index (χ4n) is 1.08. The van der Waals surface area contributed by atoms with Crippen molar-refractivity contribution in [1.82, 2.24) is 0 Å². The van der Waals surface area contributed by atoms with Crippen molar-refractivity contribution >= 4 is 18.7 Å². The second-order valence-electron chi connectivity index (χ2n) is 2.69. The second-order valence-corrected chi connectivity index (χ2v) is 3.05. The number of aromatic hydroxyl groups is 1. The molecule has 1 rings (SSSR count). The van der Waals surface area contributed by atoms with Crippen LogP contribution in [0.3, 0.4) is 0 Å². The molecule has 1 nitrogen and oxygen atoms in total. The lowest BCUT2D eigenvalue weighted by Crippen LogP contribution is -1.76. The van der Waals surface area contributed by atoms with Crippen molar-refractivity contribution in [3.8, 4) is 5.75 Å². The van der Waals surface area contributed by atoms with Crippen molar-refractivity contribution in [2.75, 3.05) is 5.75 Å². The number of phenolic OH excluding ortho intramolecular Hbond substituents is 1. The Balaban J connectivity index is 2.93. The SMILES string of the molecule is Cc1cc(O)cc(C=CCS)c1. The Bertz CT molecular complexity index is 272. The van der Waals surface area contributed by atoms with Crippen LogP contribution in [-0.2, 0) is 0 Å². The summed E-state index contributed by atoms with van der Waals surface area (Å²) >= 11 is 4.05. The lowest BCUT2D eigenvalue weighted by molar-refractivity contribution is 0.475. The van der Waals surface area contributed by atoms with Crippen LogP contribution in [0.25, 0.3) is 6.08 Å². The molecule has 1 aromatic rings. The van der Waals surface area contributed by atoms with Gasteiger partial charge in [-0.1, -0.05) is 18.2 Å². The average Bonchev–Trinajstić information content (AvgIpc) is 1.99. The topological polar surface area (TPSA) is 20.2 Å². The first kappa shape index (κ1) is 9.20. The zero-order valence-electron chi connectivity index (χ0n) is 6.99. The standard InChI is InChI=1S/C10H12OS/c1-8-5-9(3-2-4-12)7-10(11)6-8/h2-3,5-7,11-12H,4H2,1H3. The Morgan fingerprint density at radius 2 is 2.17 bits per heavy atom. The first-order chi connectivity index (χ1) is 5.72. The molecule has 0 amide bonds. The molecule has 0 radical (unpaired) electrons. The summed E-state index contributed by atoms with van der Waals surface area (Å²) in [5.41, 5.74) is 2.08. The summed E-state index contributed by atoms with van der Waals surface area (Å²) in [6, 6.07) is 5.48. The fraction of sp³-hybridized carbons (Fsp3) is 0.200. The molecule has 12 heavy (non-hydrogen) atoms. The normalized spacial score (nSPS) is 10.8. The van der Waals surface area contributed by atoms with Gasteiger partial charge >= 0.3 is 0 Å². The minimum Gasteiger partial charge on any atom is -0.508 e. The van der Waals surface area contributed by atoms with Crippen LogP contribution in [0.2, 0.25) is 0 Å². The van der Waals surface area contributed by atoms with E-state index >= 15 is 0 Å². The van der Waals surface area contributed by atoms with Crippen molar-refractivity contribution < 1.29 is 5.11 Å². The Hall–Kier alpha value is -0.890. The van der Waals surface area contributed by atoms with Gasteiger partial charge in [0.05, 0.1) is 0 Å². The van der Waals surface area contributed by atoms with Crippen LogP contribution < -0.4 is 0 Å². The van der Waals surface area contributed by atoms with Crippen LogP contribution in [0.15, 0.2) is 24.3 Å². The van der Waals surface area contributed by atoms with E-state index in [9.17, 15) is 5.11 Å². The highest BCUT2D eigenvalue weighted by molar-refractivity contribution is 7.80. The summed E-state index contributed by atoms with van der Waals surface area (Å²) in [6.07, 6.45) is 3.89. The number of benzene rings is 1. The lowest BCUT2D eigenvalue weighted by Gasteiger charge is -1.98. The Kier molecular flexibility index (Phi) is 3.23. The summed E-state index contributed by atoms with van der Waals surface area (Å²) in [5, 5.41) is 9.24. The number of hydrogen-bond donors (Lipinski definition) is 2. The number of phenols is 1. The maximum absolute atomic E-state index is 9.24. The van der Waals surface area contributed by atoms with Crippen LogP contribution in [0.1, 0.15) is 11.1 Å². The predicted octanol–water partition coefficient (Wildman–Crippen LogP) is 2.64. The average molecular weight is 180 g/mol. The van der Waals surface area contributed by atoms with Crippen molar-refractivity contribution in [2.45, 2.75) is 6.92 Å². The van der Waals surface area contributed by atoms with E-state index in [1.54, 1.807) is 12.1 Å². The van der Waals surface area contributed by atoms with Gasteiger partial charge in [0.15, 0.2) is 0 Å². The van der Waals surface area contributed by atoms with E-state index in [0.29, 0.717) is 11.5 Å². The molecular weight excluding hydrogens is 168 g/mol.